The van der Waals surface area contributed by atoms with Crippen molar-refractivity contribution in [1.82, 2.24) is 9.80 Å². The third-order valence-electron chi connectivity index (χ3n) is 4.41. The van der Waals surface area contributed by atoms with Gasteiger partial charge in [0.25, 0.3) is 0 Å². The number of hydrogen-bond donors (Lipinski definition) is 1. The summed E-state index contributed by atoms with van der Waals surface area (Å²) in [6.45, 7) is 2.63. The fraction of sp³-hybridized carbons (Fsp3) is 0.600. The first kappa shape index (κ1) is 12.9. The largest absolute Gasteiger partial charge is 0.491 e. The van der Waals surface area contributed by atoms with E-state index in [9.17, 15) is 5.11 Å². The predicted molar refractivity (Wildman–Crippen MR) is 74.3 cm³/mol. The lowest BCUT2D eigenvalue weighted by molar-refractivity contribution is 0.0117. The van der Waals surface area contributed by atoms with Crippen LogP contribution in [0.1, 0.15) is 18.1 Å². The minimum absolute atomic E-state index is 0.0832. The number of likely N-dealkylation sites (tertiary alicyclic amines) is 1. The lowest BCUT2D eigenvalue weighted by Crippen LogP contribution is -2.46. The molecule has 1 N–H and O–H groups in total. The van der Waals surface area contributed by atoms with Gasteiger partial charge in [0.15, 0.2) is 0 Å². The SMILES string of the molecule is CN(C)C1CCN(C2COc3ccccc3C2O)C1. The van der Waals surface area contributed by atoms with Crippen molar-refractivity contribution in [2.24, 2.45) is 0 Å². The van der Waals surface area contributed by atoms with Crippen molar-refractivity contribution in [3.63, 3.8) is 0 Å². The number of ether oxygens (including phenoxy) is 1. The molecule has 0 aliphatic carbocycles. The highest BCUT2D eigenvalue weighted by molar-refractivity contribution is 5.37. The highest BCUT2D eigenvalue weighted by atomic mass is 16.5. The smallest absolute Gasteiger partial charge is 0.125 e. The first-order chi connectivity index (χ1) is 9.16. The van der Waals surface area contributed by atoms with Crippen LogP contribution in [0.3, 0.4) is 0 Å². The first-order valence-electron chi connectivity index (χ1n) is 6.97. The monoisotopic (exact) mass is 262 g/mol. The summed E-state index contributed by atoms with van der Waals surface area (Å²) in [5.74, 6) is 0.828. The quantitative estimate of drug-likeness (QED) is 0.866. The molecule has 19 heavy (non-hydrogen) atoms. The molecule has 3 unspecified atom stereocenters. The van der Waals surface area contributed by atoms with Gasteiger partial charge < -0.3 is 14.7 Å². The van der Waals surface area contributed by atoms with E-state index in [0.717, 1.165) is 30.8 Å². The van der Waals surface area contributed by atoms with Crippen molar-refractivity contribution in [3.8, 4) is 5.75 Å². The van der Waals surface area contributed by atoms with Gasteiger partial charge in [0.1, 0.15) is 18.5 Å². The van der Waals surface area contributed by atoms with E-state index in [1.165, 1.54) is 0 Å². The number of benzene rings is 1. The maximum atomic E-state index is 10.6. The van der Waals surface area contributed by atoms with Crippen LogP contribution in [-0.4, -0.2) is 60.8 Å². The number of aliphatic hydroxyl groups excluding tert-OH is 1. The first-order valence-corrected chi connectivity index (χ1v) is 6.97. The van der Waals surface area contributed by atoms with Crippen LogP contribution in [0.25, 0.3) is 0 Å². The third-order valence-corrected chi connectivity index (χ3v) is 4.41. The lowest BCUT2D eigenvalue weighted by Gasteiger charge is -2.36. The van der Waals surface area contributed by atoms with E-state index >= 15 is 0 Å². The molecule has 3 atom stereocenters. The summed E-state index contributed by atoms with van der Waals surface area (Å²) in [5.41, 5.74) is 0.923. The minimum Gasteiger partial charge on any atom is -0.491 e. The summed E-state index contributed by atoms with van der Waals surface area (Å²) in [5, 5.41) is 10.6. The van der Waals surface area contributed by atoms with Gasteiger partial charge in [-0.15, -0.1) is 0 Å². The van der Waals surface area contributed by atoms with Crippen LogP contribution in [0.5, 0.6) is 5.75 Å². The van der Waals surface area contributed by atoms with E-state index in [1.807, 2.05) is 24.3 Å². The Balaban J connectivity index is 1.74. The Bertz CT molecular complexity index is 450. The van der Waals surface area contributed by atoms with Crippen molar-refractivity contribution in [1.29, 1.82) is 0 Å². The average molecular weight is 262 g/mol. The Labute approximate surface area is 114 Å². The van der Waals surface area contributed by atoms with Crippen LogP contribution in [0.4, 0.5) is 0 Å². The molecule has 4 heteroatoms. The number of fused-ring (bicyclic) bond motifs is 1. The van der Waals surface area contributed by atoms with E-state index < -0.39 is 6.10 Å². The van der Waals surface area contributed by atoms with Crippen molar-refractivity contribution < 1.29 is 9.84 Å². The Morgan fingerprint density at radius 3 is 2.84 bits per heavy atom. The lowest BCUT2D eigenvalue weighted by atomic mass is 9.98. The van der Waals surface area contributed by atoms with E-state index in [0.29, 0.717) is 12.6 Å². The van der Waals surface area contributed by atoms with E-state index in [1.54, 1.807) is 0 Å². The number of aliphatic hydroxyl groups is 1. The van der Waals surface area contributed by atoms with E-state index in [-0.39, 0.29) is 6.04 Å². The van der Waals surface area contributed by atoms with Crippen molar-refractivity contribution >= 4 is 0 Å². The molecule has 1 fully saturated rings. The summed E-state index contributed by atoms with van der Waals surface area (Å²) in [7, 11) is 4.24. The second-order valence-electron chi connectivity index (χ2n) is 5.76. The minimum atomic E-state index is -0.439. The van der Waals surface area contributed by atoms with Gasteiger partial charge in [-0.05, 0) is 26.6 Å². The topological polar surface area (TPSA) is 35.9 Å². The number of nitrogens with zero attached hydrogens (tertiary/aromatic N) is 2. The van der Waals surface area contributed by atoms with E-state index in [4.69, 9.17) is 4.74 Å². The Hall–Kier alpha value is -1.10. The fourth-order valence-corrected chi connectivity index (χ4v) is 3.13. The van der Waals surface area contributed by atoms with Gasteiger partial charge in [-0.25, -0.2) is 0 Å². The summed E-state index contributed by atoms with van der Waals surface area (Å²) in [6, 6.07) is 8.47. The Morgan fingerprint density at radius 2 is 2.11 bits per heavy atom. The van der Waals surface area contributed by atoms with Gasteiger partial charge in [0.2, 0.25) is 0 Å². The maximum Gasteiger partial charge on any atom is 0.125 e. The van der Waals surface area contributed by atoms with Gasteiger partial charge in [0, 0.05) is 24.7 Å². The van der Waals surface area contributed by atoms with Gasteiger partial charge in [-0.2, -0.15) is 0 Å². The molecular formula is C15H22N2O2. The molecule has 1 saturated heterocycles. The molecule has 0 spiro atoms. The van der Waals surface area contributed by atoms with Gasteiger partial charge >= 0.3 is 0 Å². The molecule has 1 aromatic rings. The van der Waals surface area contributed by atoms with Gasteiger partial charge in [-0.3, -0.25) is 4.90 Å². The zero-order valence-corrected chi connectivity index (χ0v) is 11.6. The Kier molecular flexibility index (Phi) is 3.48. The van der Waals surface area contributed by atoms with E-state index in [2.05, 4.69) is 23.9 Å². The highest BCUT2D eigenvalue weighted by Gasteiger charge is 2.37. The molecule has 2 aliphatic rings. The standard InChI is InChI=1S/C15H22N2O2/c1-16(2)11-7-8-17(9-11)13-10-19-14-6-4-3-5-12(14)15(13)18/h3-6,11,13,15,18H,7-10H2,1-2H3. The van der Waals surface area contributed by atoms with Crippen LogP contribution in [0.15, 0.2) is 24.3 Å². The fourth-order valence-electron chi connectivity index (χ4n) is 3.13. The molecule has 2 aliphatic heterocycles. The molecule has 3 rings (SSSR count). The summed E-state index contributed by atoms with van der Waals surface area (Å²) in [4.78, 5) is 4.63. The van der Waals surface area contributed by atoms with Crippen LogP contribution in [0, 0.1) is 0 Å². The Morgan fingerprint density at radius 1 is 1.32 bits per heavy atom. The highest BCUT2D eigenvalue weighted by Crippen LogP contribution is 2.35. The number of likely N-dealkylation sites (N-methyl/N-ethyl adjacent to an activating group) is 1. The van der Waals surface area contributed by atoms with Crippen molar-refractivity contribution in [3.05, 3.63) is 29.8 Å². The molecule has 1 aromatic carbocycles. The molecular weight excluding hydrogens is 240 g/mol. The predicted octanol–water partition coefficient (Wildman–Crippen LogP) is 1.12. The molecule has 2 heterocycles. The molecule has 104 valence electrons. The molecule has 4 nitrogen and oxygen atoms in total. The molecule has 0 saturated carbocycles. The zero-order chi connectivity index (χ0) is 13.4. The van der Waals surface area contributed by atoms with Gasteiger partial charge in [0.05, 0.1) is 6.04 Å². The van der Waals surface area contributed by atoms with Crippen LogP contribution >= 0.6 is 0 Å². The molecule has 0 amide bonds. The van der Waals surface area contributed by atoms with Gasteiger partial charge in [-0.1, -0.05) is 18.2 Å². The van der Waals surface area contributed by atoms with Crippen molar-refractivity contribution in [2.45, 2.75) is 24.6 Å². The number of para-hydroxylation sites is 1. The maximum absolute atomic E-state index is 10.6. The summed E-state index contributed by atoms with van der Waals surface area (Å²) >= 11 is 0. The second-order valence-corrected chi connectivity index (χ2v) is 5.76. The van der Waals surface area contributed by atoms with Crippen LogP contribution in [0.2, 0.25) is 0 Å². The van der Waals surface area contributed by atoms with Crippen LogP contribution < -0.4 is 4.74 Å². The number of hydrogen-bond acceptors (Lipinski definition) is 4. The summed E-state index contributed by atoms with van der Waals surface area (Å²) < 4.78 is 5.80. The van der Waals surface area contributed by atoms with Crippen LogP contribution in [-0.2, 0) is 0 Å². The molecule has 0 radical (unpaired) electrons. The molecule has 0 aromatic heterocycles. The second kappa shape index (κ2) is 5.12. The summed E-state index contributed by atoms with van der Waals surface area (Å²) in [6.07, 6.45) is 0.726. The zero-order valence-electron chi connectivity index (χ0n) is 11.6. The van der Waals surface area contributed by atoms with Crippen molar-refractivity contribution in [2.75, 3.05) is 33.8 Å². The molecule has 0 bridgehead atoms. The number of rotatable bonds is 2. The normalized spacial score (nSPS) is 31.3. The average Bonchev–Trinajstić information content (AvgIpc) is 2.89. The third kappa shape index (κ3) is 2.36.